The minimum absolute atomic E-state index is 0.0342. The molecule has 0 spiro atoms. The molecule has 8 nitrogen and oxygen atoms in total. The van der Waals surface area contributed by atoms with Crippen molar-refractivity contribution in [2.45, 2.75) is 6.54 Å². The van der Waals surface area contributed by atoms with Crippen LogP contribution in [0, 0.1) is 5.82 Å². The van der Waals surface area contributed by atoms with Crippen molar-refractivity contribution in [1.29, 1.82) is 0 Å². The lowest BCUT2D eigenvalue weighted by molar-refractivity contribution is 0.102. The van der Waals surface area contributed by atoms with Crippen molar-refractivity contribution in [3.8, 4) is 0 Å². The number of halogens is 1. The van der Waals surface area contributed by atoms with Crippen LogP contribution in [0.25, 0.3) is 0 Å². The van der Waals surface area contributed by atoms with Crippen molar-refractivity contribution in [2.24, 2.45) is 0 Å². The zero-order valence-corrected chi connectivity index (χ0v) is 15.1. The summed E-state index contributed by atoms with van der Waals surface area (Å²) in [5, 5.41) is 10.3. The smallest absolute Gasteiger partial charge is 0.259 e. The number of benzene rings is 2. The number of aromatic nitrogens is 3. The van der Waals surface area contributed by atoms with Crippen molar-refractivity contribution in [1.82, 2.24) is 15.0 Å². The SMILES string of the molecule is CS(=O)(=O)Nc1ccc(F)cc1C(=O)Nc1cn(Cc2ccccc2)nn1. The first kappa shape index (κ1) is 18.5. The number of anilines is 2. The summed E-state index contributed by atoms with van der Waals surface area (Å²) in [6, 6.07) is 12.7. The summed E-state index contributed by atoms with van der Waals surface area (Å²) in [6.07, 6.45) is 2.46. The number of nitrogens with one attached hydrogen (secondary N) is 2. The van der Waals surface area contributed by atoms with E-state index in [2.05, 4.69) is 20.4 Å². The maximum atomic E-state index is 13.5. The molecule has 1 amide bonds. The topological polar surface area (TPSA) is 106 Å². The number of nitrogens with zero attached hydrogens (tertiary/aromatic N) is 3. The van der Waals surface area contributed by atoms with E-state index in [1.54, 1.807) is 0 Å². The van der Waals surface area contributed by atoms with Gasteiger partial charge < -0.3 is 5.32 Å². The van der Waals surface area contributed by atoms with Crippen molar-refractivity contribution in [3.05, 3.63) is 71.7 Å². The standard InChI is InChI=1S/C17H16FN5O3S/c1-27(25,26)21-15-8-7-13(18)9-14(15)17(24)19-16-11-23(22-20-16)10-12-5-3-2-4-6-12/h2-9,11,21H,10H2,1H3,(H,19,24). The summed E-state index contributed by atoms with van der Waals surface area (Å²) in [5.74, 6) is -1.23. The molecule has 0 aliphatic rings. The second-order valence-electron chi connectivity index (χ2n) is 5.81. The zero-order valence-electron chi connectivity index (χ0n) is 14.3. The first-order valence-corrected chi connectivity index (χ1v) is 9.72. The first-order chi connectivity index (χ1) is 12.8. The van der Waals surface area contributed by atoms with E-state index < -0.39 is 21.7 Å². The molecular formula is C17H16FN5O3S. The minimum atomic E-state index is -3.63. The van der Waals surface area contributed by atoms with E-state index in [-0.39, 0.29) is 17.1 Å². The van der Waals surface area contributed by atoms with Gasteiger partial charge in [-0.3, -0.25) is 9.52 Å². The molecule has 1 aromatic heterocycles. The predicted molar refractivity (Wildman–Crippen MR) is 98.4 cm³/mol. The number of hydrogen-bond acceptors (Lipinski definition) is 5. The van der Waals surface area contributed by atoms with Crippen molar-refractivity contribution >= 4 is 27.4 Å². The molecule has 0 atom stereocenters. The number of carbonyl (C=O) groups is 1. The molecule has 0 fully saturated rings. The highest BCUT2D eigenvalue weighted by molar-refractivity contribution is 7.92. The summed E-state index contributed by atoms with van der Waals surface area (Å²) in [6.45, 7) is 0.463. The molecule has 2 N–H and O–H groups in total. The normalized spacial score (nSPS) is 11.2. The molecule has 0 saturated heterocycles. The number of amides is 1. The highest BCUT2D eigenvalue weighted by Crippen LogP contribution is 2.19. The summed E-state index contributed by atoms with van der Waals surface area (Å²) in [4.78, 5) is 12.5. The second-order valence-corrected chi connectivity index (χ2v) is 7.55. The van der Waals surface area contributed by atoms with Gasteiger partial charge in [0, 0.05) is 0 Å². The van der Waals surface area contributed by atoms with Crippen LogP contribution in [0.1, 0.15) is 15.9 Å². The maximum absolute atomic E-state index is 13.5. The fourth-order valence-corrected chi connectivity index (χ4v) is 2.96. The Bertz CT molecular complexity index is 1070. The average molecular weight is 389 g/mol. The lowest BCUT2D eigenvalue weighted by Crippen LogP contribution is -2.18. The van der Waals surface area contributed by atoms with Gasteiger partial charge in [-0.2, -0.15) is 0 Å². The van der Waals surface area contributed by atoms with Crippen molar-refractivity contribution in [2.75, 3.05) is 16.3 Å². The van der Waals surface area contributed by atoms with E-state index in [1.807, 2.05) is 30.3 Å². The van der Waals surface area contributed by atoms with Crippen LogP contribution in [0.3, 0.4) is 0 Å². The molecule has 2 aromatic carbocycles. The summed E-state index contributed by atoms with van der Waals surface area (Å²) in [7, 11) is -3.63. The van der Waals surface area contributed by atoms with Crippen LogP contribution in [-0.2, 0) is 16.6 Å². The third kappa shape index (κ3) is 5.11. The molecule has 3 rings (SSSR count). The summed E-state index contributed by atoms with van der Waals surface area (Å²) < 4.78 is 40.1. The van der Waals surface area contributed by atoms with Crippen molar-refractivity contribution < 1.29 is 17.6 Å². The molecule has 0 radical (unpaired) electrons. The third-order valence-corrected chi connectivity index (χ3v) is 4.08. The Morgan fingerprint density at radius 2 is 1.93 bits per heavy atom. The monoisotopic (exact) mass is 389 g/mol. The maximum Gasteiger partial charge on any atom is 0.259 e. The van der Waals surface area contributed by atoms with Gasteiger partial charge >= 0.3 is 0 Å². The largest absolute Gasteiger partial charge is 0.304 e. The predicted octanol–water partition coefficient (Wildman–Crippen LogP) is 2.09. The van der Waals surface area contributed by atoms with Gasteiger partial charge in [-0.25, -0.2) is 17.5 Å². The lowest BCUT2D eigenvalue weighted by Gasteiger charge is -2.10. The van der Waals surface area contributed by atoms with E-state index in [4.69, 9.17) is 0 Å². The van der Waals surface area contributed by atoms with E-state index in [1.165, 1.54) is 16.9 Å². The van der Waals surface area contributed by atoms with Crippen LogP contribution >= 0.6 is 0 Å². The molecular weight excluding hydrogens is 373 g/mol. The molecule has 0 saturated carbocycles. The molecule has 140 valence electrons. The van der Waals surface area contributed by atoms with E-state index in [9.17, 15) is 17.6 Å². The Labute approximate surface area is 155 Å². The van der Waals surface area contributed by atoms with Crippen LogP contribution < -0.4 is 10.0 Å². The lowest BCUT2D eigenvalue weighted by atomic mass is 10.1. The van der Waals surface area contributed by atoms with Gasteiger partial charge in [0.2, 0.25) is 10.0 Å². The Morgan fingerprint density at radius 3 is 2.63 bits per heavy atom. The van der Waals surface area contributed by atoms with Crippen LogP contribution in [0.5, 0.6) is 0 Å². The quantitative estimate of drug-likeness (QED) is 0.671. The number of sulfonamides is 1. The Morgan fingerprint density at radius 1 is 1.19 bits per heavy atom. The Balaban J connectivity index is 1.77. The van der Waals surface area contributed by atoms with Crippen LogP contribution in [0.2, 0.25) is 0 Å². The van der Waals surface area contributed by atoms with Crippen LogP contribution in [0.15, 0.2) is 54.7 Å². The number of carbonyl (C=O) groups excluding carboxylic acids is 1. The van der Waals surface area contributed by atoms with Gasteiger partial charge in [0.1, 0.15) is 5.82 Å². The molecule has 1 heterocycles. The molecule has 3 aromatic rings. The number of rotatable bonds is 6. The average Bonchev–Trinajstić information content (AvgIpc) is 3.03. The Kier molecular flexibility index (Phi) is 5.17. The molecule has 0 aliphatic heterocycles. The van der Waals surface area contributed by atoms with Crippen LogP contribution in [0.4, 0.5) is 15.9 Å². The second kappa shape index (κ2) is 7.54. The molecule has 0 aliphatic carbocycles. The van der Waals surface area contributed by atoms with Gasteiger partial charge in [-0.05, 0) is 23.8 Å². The highest BCUT2D eigenvalue weighted by Gasteiger charge is 2.17. The van der Waals surface area contributed by atoms with Gasteiger partial charge in [0.25, 0.3) is 5.91 Å². The molecule has 27 heavy (non-hydrogen) atoms. The Hall–Kier alpha value is -3.27. The summed E-state index contributed by atoms with van der Waals surface area (Å²) >= 11 is 0. The molecule has 0 bridgehead atoms. The fourth-order valence-electron chi connectivity index (χ4n) is 2.38. The van der Waals surface area contributed by atoms with Gasteiger partial charge in [-0.15, -0.1) is 5.10 Å². The fraction of sp³-hybridized carbons (Fsp3) is 0.118. The molecule has 0 unspecified atom stereocenters. The van der Waals surface area contributed by atoms with Gasteiger partial charge in [0.05, 0.1) is 30.2 Å². The van der Waals surface area contributed by atoms with Crippen LogP contribution in [-0.4, -0.2) is 35.6 Å². The zero-order chi connectivity index (χ0) is 19.4. The van der Waals surface area contributed by atoms with E-state index >= 15 is 0 Å². The van der Waals surface area contributed by atoms with Gasteiger partial charge in [-0.1, -0.05) is 35.5 Å². The van der Waals surface area contributed by atoms with Gasteiger partial charge in [0.15, 0.2) is 5.82 Å². The number of hydrogen-bond donors (Lipinski definition) is 2. The molecule has 10 heteroatoms. The first-order valence-electron chi connectivity index (χ1n) is 7.83. The third-order valence-electron chi connectivity index (χ3n) is 3.49. The van der Waals surface area contributed by atoms with Crippen molar-refractivity contribution in [3.63, 3.8) is 0 Å². The summed E-state index contributed by atoms with van der Waals surface area (Å²) in [5.41, 5.74) is 0.802. The van der Waals surface area contributed by atoms with E-state index in [0.717, 1.165) is 24.0 Å². The van der Waals surface area contributed by atoms with E-state index in [0.29, 0.717) is 6.54 Å². The minimum Gasteiger partial charge on any atom is -0.304 e. The highest BCUT2D eigenvalue weighted by atomic mass is 32.2.